The van der Waals surface area contributed by atoms with Gasteiger partial charge >= 0.3 is 0 Å². The first-order chi connectivity index (χ1) is 4.34. The van der Waals surface area contributed by atoms with Crippen molar-refractivity contribution in [1.82, 2.24) is 4.90 Å². The molecule has 0 aromatic heterocycles. The summed E-state index contributed by atoms with van der Waals surface area (Å²) in [7, 11) is 0. The summed E-state index contributed by atoms with van der Waals surface area (Å²) in [5.74, 6) is 0. The van der Waals surface area contributed by atoms with Crippen LogP contribution in [0.3, 0.4) is 0 Å². The molecule has 1 heterocycles. The zero-order chi connectivity index (χ0) is 6.69. The maximum atomic E-state index is 3.50. The molecular weight excluding hydrogens is 178 g/mol. The number of halogens is 1. The number of allylic oxidation sites excluding steroid dienone is 2. The molecule has 0 aliphatic carbocycles. The smallest absolute Gasteiger partial charge is 0.103 e. The minimum absolute atomic E-state index is 0.396. The Morgan fingerprint density at radius 2 is 2.33 bits per heavy atom. The van der Waals surface area contributed by atoms with Gasteiger partial charge in [-0.1, -0.05) is 28.1 Å². The molecule has 0 spiro atoms. The van der Waals surface area contributed by atoms with Gasteiger partial charge in [-0.2, -0.15) is 0 Å². The van der Waals surface area contributed by atoms with Gasteiger partial charge in [-0.15, -0.1) is 0 Å². The van der Waals surface area contributed by atoms with E-state index in [4.69, 9.17) is 0 Å². The highest BCUT2D eigenvalue weighted by Gasteiger charge is 2.06. The van der Waals surface area contributed by atoms with Gasteiger partial charge in [0.1, 0.15) is 4.95 Å². The first kappa shape index (κ1) is 6.87. The van der Waals surface area contributed by atoms with Crippen LogP contribution in [0.2, 0.25) is 0 Å². The molecule has 1 nitrogen and oxygen atoms in total. The Balaban J connectivity index is 2.55. The highest BCUT2D eigenvalue weighted by Crippen LogP contribution is 2.12. The average molecular weight is 188 g/mol. The second-order valence-electron chi connectivity index (χ2n) is 1.93. The standard InChI is InChI=1S/C7H10BrN/c1-2-9-6-4-3-5-7(9)8/h3-7H,2H2,1H3. The molecule has 1 aliphatic heterocycles. The van der Waals surface area contributed by atoms with Crippen molar-refractivity contribution in [2.75, 3.05) is 6.54 Å². The summed E-state index contributed by atoms with van der Waals surface area (Å²) in [6.45, 7) is 3.19. The lowest BCUT2D eigenvalue weighted by molar-refractivity contribution is 0.414. The van der Waals surface area contributed by atoms with Gasteiger partial charge in [0.05, 0.1) is 0 Å². The largest absolute Gasteiger partial charge is 0.362 e. The first-order valence-electron chi connectivity index (χ1n) is 3.09. The van der Waals surface area contributed by atoms with Crippen molar-refractivity contribution in [2.24, 2.45) is 0 Å². The van der Waals surface area contributed by atoms with E-state index in [1.54, 1.807) is 0 Å². The van der Waals surface area contributed by atoms with E-state index in [2.05, 4.69) is 40.0 Å². The Bertz CT molecular complexity index is 140. The van der Waals surface area contributed by atoms with Crippen LogP contribution in [0.25, 0.3) is 0 Å². The Morgan fingerprint density at radius 3 is 2.78 bits per heavy atom. The lowest BCUT2D eigenvalue weighted by atomic mass is 10.3. The van der Waals surface area contributed by atoms with Crippen LogP contribution in [0.4, 0.5) is 0 Å². The Labute approximate surface area is 64.2 Å². The monoisotopic (exact) mass is 187 g/mol. The van der Waals surface area contributed by atoms with Gasteiger partial charge in [-0.25, -0.2) is 0 Å². The molecule has 9 heavy (non-hydrogen) atoms. The zero-order valence-corrected chi connectivity index (χ0v) is 7.01. The maximum absolute atomic E-state index is 3.50. The highest BCUT2D eigenvalue weighted by molar-refractivity contribution is 9.09. The second kappa shape index (κ2) is 3.06. The number of rotatable bonds is 1. The molecule has 0 bridgehead atoms. The van der Waals surface area contributed by atoms with E-state index >= 15 is 0 Å². The fourth-order valence-corrected chi connectivity index (χ4v) is 1.39. The van der Waals surface area contributed by atoms with Gasteiger partial charge in [0.2, 0.25) is 0 Å². The van der Waals surface area contributed by atoms with E-state index in [-0.39, 0.29) is 0 Å². The van der Waals surface area contributed by atoms with E-state index in [9.17, 15) is 0 Å². The lowest BCUT2D eigenvalue weighted by Gasteiger charge is -2.23. The van der Waals surface area contributed by atoms with Crippen molar-refractivity contribution in [2.45, 2.75) is 11.9 Å². The van der Waals surface area contributed by atoms with Crippen LogP contribution >= 0.6 is 15.9 Å². The third-order valence-electron chi connectivity index (χ3n) is 1.34. The summed E-state index contributed by atoms with van der Waals surface area (Å²) >= 11 is 3.50. The molecule has 1 atom stereocenters. The third kappa shape index (κ3) is 1.58. The van der Waals surface area contributed by atoms with Gasteiger partial charge in [0.25, 0.3) is 0 Å². The SMILES string of the molecule is CCN1C=CC=CC1Br. The van der Waals surface area contributed by atoms with E-state index < -0.39 is 0 Å². The predicted octanol–water partition coefficient (Wildman–Crippen LogP) is 2.11. The van der Waals surface area contributed by atoms with Gasteiger partial charge in [0, 0.05) is 12.7 Å². The minimum atomic E-state index is 0.396. The van der Waals surface area contributed by atoms with Crippen LogP contribution in [-0.4, -0.2) is 16.4 Å². The predicted molar refractivity (Wildman–Crippen MR) is 43.4 cm³/mol. The Kier molecular flexibility index (Phi) is 2.34. The van der Waals surface area contributed by atoms with E-state index in [0.29, 0.717) is 4.95 Å². The lowest BCUT2D eigenvalue weighted by Crippen LogP contribution is -2.24. The van der Waals surface area contributed by atoms with Crippen LogP contribution in [0.15, 0.2) is 24.4 Å². The summed E-state index contributed by atoms with van der Waals surface area (Å²) in [6, 6.07) is 0. The molecule has 0 aromatic rings. The van der Waals surface area contributed by atoms with Crippen LogP contribution in [0.5, 0.6) is 0 Å². The third-order valence-corrected chi connectivity index (χ3v) is 2.17. The summed E-state index contributed by atoms with van der Waals surface area (Å²) in [5.41, 5.74) is 0. The first-order valence-corrected chi connectivity index (χ1v) is 4.01. The van der Waals surface area contributed by atoms with E-state index in [1.165, 1.54) is 0 Å². The molecule has 0 radical (unpaired) electrons. The summed E-state index contributed by atoms with van der Waals surface area (Å²) in [5, 5.41) is 0. The molecule has 1 unspecified atom stereocenters. The quantitative estimate of drug-likeness (QED) is 0.450. The van der Waals surface area contributed by atoms with Gasteiger partial charge in [0.15, 0.2) is 0 Å². The van der Waals surface area contributed by atoms with Gasteiger partial charge in [-0.05, 0) is 13.0 Å². The molecular formula is C7H10BrN. The van der Waals surface area contributed by atoms with Crippen LogP contribution in [0.1, 0.15) is 6.92 Å². The van der Waals surface area contributed by atoms with Crippen molar-refractivity contribution in [3.8, 4) is 0 Å². The average Bonchev–Trinajstić information content (AvgIpc) is 1.89. The Hall–Kier alpha value is -0.240. The number of nitrogens with zero attached hydrogens (tertiary/aromatic N) is 1. The van der Waals surface area contributed by atoms with Crippen LogP contribution < -0.4 is 0 Å². The number of alkyl halides is 1. The molecule has 1 aliphatic rings. The summed E-state index contributed by atoms with van der Waals surface area (Å²) in [4.78, 5) is 2.60. The van der Waals surface area contributed by atoms with Crippen molar-refractivity contribution in [3.05, 3.63) is 24.4 Å². The maximum Gasteiger partial charge on any atom is 0.103 e. The molecule has 0 N–H and O–H groups in total. The summed E-state index contributed by atoms with van der Waals surface area (Å²) in [6.07, 6.45) is 8.29. The molecule has 0 amide bonds. The zero-order valence-electron chi connectivity index (χ0n) is 5.42. The van der Waals surface area contributed by atoms with E-state index in [0.717, 1.165) is 6.54 Å². The fraction of sp³-hybridized carbons (Fsp3) is 0.429. The van der Waals surface area contributed by atoms with Crippen LogP contribution in [-0.2, 0) is 0 Å². The Morgan fingerprint density at radius 1 is 1.56 bits per heavy atom. The highest BCUT2D eigenvalue weighted by atomic mass is 79.9. The molecule has 50 valence electrons. The topological polar surface area (TPSA) is 3.24 Å². The van der Waals surface area contributed by atoms with Crippen molar-refractivity contribution < 1.29 is 0 Å². The molecule has 0 saturated heterocycles. The van der Waals surface area contributed by atoms with E-state index in [1.807, 2.05) is 12.2 Å². The number of likely N-dealkylation sites (N-methyl/N-ethyl adjacent to an activating group) is 1. The molecule has 0 saturated carbocycles. The molecule has 0 aromatic carbocycles. The van der Waals surface area contributed by atoms with Gasteiger partial charge < -0.3 is 4.90 Å². The van der Waals surface area contributed by atoms with Crippen molar-refractivity contribution in [1.29, 1.82) is 0 Å². The molecule has 1 rings (SSSR count). The molecule has 0 fully saturated rings. The molecule has 2 heteroatoms. The fourth-order valence-electron chi connectivity index (χ4n) is 0.789. The minimum Gasteiger partial charge on any atom is -0.362 e. The second-order valence-corrected chi connectivity index (χ2v) is 2.87. The summed E-state index contributed by atoms with van der Waals surface area (Å²) < 4.78 is 0. The van der Waals surface area contributed by atoms with Crippen LogP contribution in [0, 0.1) is 0 Å². The van der Waals surface area contributed by atoms with Gasteiger partial charge in [-0.3, -0.25) is 0 Å². The number of hydrogen-bond acceptors (Lipinski definition) is 1. The normalized spacial score (nSPS) is 25.1. The number of hydrogen-bond donors (Lipinski definition) is 0. The van der Waals surface area contributed by atoms with Crippen molar-refractivity contribution in [3.63, 3.8) is 0 Å². The van der Waals surface area contributed by atoms with Crippen molar-refractivity contribution >= 4 is 15.9 Å².